The fourth-order valence-corrected chi connectivity index (χ4v) is 5.40. The molecule has 0 aromatic heterocycles. The molecule has 2 aromatic rings. The Morgan fingerprint density at radius 1 is 0.909 bits per heavy atom. The molecule has 0 heterocycles. The van der Waals surface area contributed by atoms with Gasteiger partial charge < -0.3 is 0 Å². The molecular formula is C16H19AsO5. The summed E-state index contributed by atoms with van der Waals surface area (Å²) in [6.45, 7) is -0.382. The van der Waals surface area contributed by atoms with Gasteiger partial charge in [-0.05, 0) is 0 Å². The molecule has 22 heavy (non-hydrogen) atoms. The van der Waals surface area contributed by atoms with Gasteiger partial charge in [-0.2, -0.15) is 0 Å². The van der Waals surface area contributed by atoms with Crippen molar-refractivity contribution in [2.45, 2.75) is 17.7 Å². The van der Waals surface area contributed by atoms with E-state index in [-0.39, 0.29) is 18.2 Å². The van der Waals surface area contributed by atoms with Gasteiger partial charge in [-0.25, -0.2) is 0 Å². The molecule has 118 valence electrons. The summed E-state index contributed by atoms with van der Waals surface area (Å²) in [5.74, 6) is 0.916. The Hall–Kier alpha value is -1.68. The zero-order valence-electron chi connectivity index (χ0n) is 12.0. The molecule has 0 aliphatic carbocycles. The molecular weight excluding hydrogens is 347 g/mol. The predicted octanol–water partition coefficient (Wildman–Crippen LogP) is 2.26. The van der Waals surface area contributed by atoms with Gasteiger partial charge in [0.15, 0.2) is 0 Å². The minimum atomic E-state index is -4.22. The van der Waals surface area contributed by atoms with Gasteiger partial charge in [0.25, 0.3) is 0 Å². The zero-order valence-corrected chi connectivity index (χ0v) is 13.9. The number of hydrogen-bond acceptors (Lipinski definition) is 5. The van der Waals surface area contributed by atoms with Gasteiger partial charge in [-0.3, -0.25) is 0 Å². The number of aliphatic hydroxyl groups is 2. The Balaban J connectivity index is 2.14. The molecule has 1 atom stereocenters. The maximum atomic E-state index is 13.0. The second-order valence-corrected chi connectivity index (χ2v) is 9.04. The first-order valence-corrected chi connectivity index (χ1v) is 10.6. The van der Waals surface area contributed by atoms with Gasteiger partial charge >= 0.3 is 132 Å². The molecule has 0 unspecified atom stereocenters. The van der Waals surface area contributed by atoms with Crippen LogP contribution in [-0.2, 0) is 3.74 Å². The van der Waals surface area contributed by atoms with Gasteiger partial charge in [-0.1, -0.05) is 0 Å². The zero-order chi connectivity index (χ0) is 15.8. The van der Waals surface area contributed by atoms with Crippen molar-refractivity contribution in [1.82, 2.24) is 0 Å². The van der Waals surface area contributed by atoms with E-state index in [4.69, 9.17) is 12.6 Å². The normalized spacial score (nSPS) is 12.6. The summed E-state index contributed by atoms with van der Waals surface area (Å²) in [6, 6.07) is 17.6. The van der Waals surface area contributed by atoms with Crippen LogP contribution in [0.1, 0.15) is 6.42 Å². The fraction of sp³-hybridized carbons (Fsp3) is 0.250. The first-order valence-electron chi connectivity index (χ1n) is 6.98. The van der Waals surface area contributed by atoms with Crippen LogP contribution in [0.5, 0.6) is 11.5 Å². The van der Waals surface area contributed by atoms with E-state index in [1.54, 1.807) is 48.5 Å². The summed E-state index contributed by atoms with van der Waals surface area (Å²) in [4.78, 5) is 0. The van der Waals surface area contributed by atoms with Gasteiger partial charge in [-0.15, -0.1) is 0 Å². The van der Waals surface area contributed by atoms with Crippen LogP contribution in [0, 0.1) is 0 Å². The van der Waals surface area contributed by atoms with Crippen molar-refractivity contribution < 1.29 is 21.4 Å². The number of para-hydroxylation sites is 2. The summed E-state index contributed by atoms with van der Waals surface area (Å²) < 4.78 is 24.2. The van der Waals surface area contributed by atoms with Crippen LogP contribution < -0.4 is 7.45 Å². The van der Waals surface area contributed by atoms with Crippen molar-refractivity contribution in [2.24, 2.45) is 0 Å². The molecule has 0 spiro atoms. The van der Waals surface area contributed by atoms with E-state index < -0.39 is 20.3 Å². The summed E-state index contributed by atoms with van der Waals surface area (Å²) >= 11 is -4.22. The van der Waals surface area contributed by atoms with Crippen LogP contribution in [0.15, 0.2) is 60.7 Å². The molecule has 0 radical (unpaired) electrons. The fourth-order valence-electron chi connectivity index (χ4n) is 1.79. The van der Waals surface area contributed by atoms with E-state index >= 15 is 0 Å². The predicted molar refractivity (Wildman–Crippen MR) is 83.1 cm³/mol. The van der Waals surface area contributed by atoms with Crippen molar-refractivity contribution in [3.63, 3.8) is 0 Å². The van der Waals surface area contributed by atoms with Crippen LogP contribution in [0.3, 0.4) is 0 Å². The molecule has 0 saturated heterocycles. The molecule has 6 heteroatoms. The monoisotopic (exact) mass is 366 g/mol. The molecule has 0 saturated carbocycles. The average Bonchev–Trinajstić information content (AvgIpc) is 2.54. The van der Waals surface area contributed by atoms with Gasteiger partial charge in [0, 0.05) is 0 Å². The molecule has 2 rings (SSSR count). The Kier molecular flexibility index (Phi) is 6.13. The maximum absolute atomic E-state index is 13.0. The van der Waals surface area contributed by atoms with Crippen LogP contribution in [0.25, 0.3) is 0 Å². The number of rotatable bonds is 8. The van der Waals surface area contributed by atoms with Crippen molar-refractivity contribution in [3.05, 3.63) is 60.7 Å². The van der Waals surface area contributed by atoms with E-state index in [0.29, 0.717) is 11.5 Å². The third-order valence-electron chi connectivity index (χ3n) is 2.92. The van der Waals surface area contributed by atoms with E-state index in [9.17, 15) is 8.85 Å². The summed E-state index contributed by atoms with van der Waals surface area (Å²) in [5, 5.41) is 18.4. The SMILES string of the molecule is O=[As](CC[C@H](O)CO)(Oc1ccccc1)Oc1ccccc1. The number of hydrogen-bond donors (Lipinski definition) is 2. The number of benzene rings is 2. The Labute approximate surface area is 132 Å². The second kappa shape index (κ2) is 8.08. The Morgan fingerprint density at radius 2 is 1.36 bits per heavy atom. The van der Waals surface area contributed by atoms with Crippen LogP contribution >= 0.6 is 0 Å². The van der Waals surface area contributed by atoms with E-state index in [0.717, 1.165) is 0 Å². The number of aliphatic hydroxyl groups excluding tert-OH is 2. The van der Waals surface area contributed by atoms with E-state index in [1.807, 2.05) is 12.1 Å². The summed E-state index contributed by atoms with van der Waals surface area (Å²) in [6.07, 6.45) is -0.791. The minimum absolute atomic E-state index is 0.0593. The van der Waals surface area contributed by atoms with Gasteiger partial charge in [0.2, 0.25) is 0 Å². The van der Waals surface area contributed by atoms with Crippen molar-refractivity contribution in [1.29, 1.82) is 0 Å². The summed E-state index contributed by atoms with van der Waals surface area (Å²) in [5.41, 5.74) is 0. The van der Waals surface area contributed by atoms with Crippen molar-refractivity contribution in [2.75, 3.05) is 6.61 Å². The quantitative estimate of drug-likeness (QED) is 0.701. The molecule has 0 amide bonds. The molecule has 0 fully saturated rings. The van der Waals surface area contributed by atoms with E-state index in [2.05, 4.69) is 0 Å². The Morgan fingerprint density at radius 3 is 1.77 bits per heavy atom. The topological polar surface area (TPSA) is 76.0 Å². The summed E-state index contributed by atoms with van der Waals surface area (Å²) in [7, 11) is 0. The third kappa shape index (κ3) is 5.26. The molecule has 0 aliphatic rings. The third-order valence-corrected chi connectivity index (χ3v) is 6.67. The van der Waals surface area contributed by atoms with E-state index in [1.165, 1.54) is 0 Å². The van der Waals surface area contributed by atoms with Gasteiger partial charge in [0.05, 0.1) is 0 Å². The molecule has 5 nitrogen and oxygen atoms in total. The molecule has 2 N–H and O–H groups in total. The van der Waals surface area contributed by atoms with Crippen LogP contribution in [0.4, 0.5) is 0 Å². The molecule has 0 bridgehead atoms. The standard InChI is InChI=1S/C16H19AsO5/c18-13-14(19)11-12-17(20,21-15-7-3-1-4-8-15)22-16-9-5-2-6-10-16/h1-10,14,18-19H,11-13H2/t14-/m0/s1. The van der Waals surface area contributed by atoms with Gasteiger partial charge in [0.1, 0.15) is 0 Å². The van der Waals surface area contributed by atoms with Crippen LogP contribution in [0.2, 0.25) is 5.21 Å². The first-order chi connectivity index (χ1) is 10.6. The van der Waals surface area contributed by atoms with Crippen LogP contribution in [-0.4, -0.2) is 37.1 Å². The van der Waals surface area contributed by atoms with Crippen molar-refractivity contribution >= 4 is 14.2 Å². The van der Waals surface area contributed by atoms with Crippen molar-refractivity contribution in [3.8, 4) is 11.5 Å². The first kappa shape index (κ1) is 16.7. The molecule has 0 aliphatic heterocycles. The molecule has 2 aromatic carbocycles. The Bertz CT molecular complexity index is 557. The second-order valence-electron chi connectivity index (χ2n) is 4.77. The average molecular weight is 366 g/mol.